The SMILES string of the molecule is CC1=CC(=O)C2=C(C1=O)C(c1ccc(OCCO)cc1)C1=CCC3C(=O)N(c4cc([N+](=O)[O-])c(N(C)C)c([N+](=O)[O-])c4)C(=O)C3C1C2. The number of aliphatic hydroxyl groups excluding tert-OH is 1. The van der Waals surface area contributed by atoms with E-state index in [2.05, 4.69) is 0 Å². The maximum Gasteiger partial charge on any atom is 0.301 e. The van der Waals surface area contributed by atoms with Crippen molar-refractivity contribution in [2.75, 3.05) is 37.1 Å². The molecule has 4 aliphatic rings. The molecular formula is C33H30N4O10. The molecule has 0 bridgehead atoms. The molecule has 1 N–H and O–H groups in total. The molecule has 14 nitrogen and oxygen atoms in total. The van der Waals surface area contributed by atoms with Crippen molar-refractivity contribution in [2.24, 2.45) is 17.8 Å². The number of aliphatic hydroxyl groups is 1. The first-order chi connectivity index (χ1) is 22.3. The first-order valence-electron chi connectivity index (χ1n) is 14.9. The lowest BCUT2D eigenvalue weighted by atomic mass is 9.59. The van der Waals surface area contributed by atoms with Gasteiger partial charge in [-0.15, -0.1) is 0 Å². The number of imide groups is 1. The highest BCUT2D eigenvalue weighted by molar-refractivity contribution is 6.25. The van der Waals surface area contributed by atoms with Crippen LogP contribution >= 0.6 is 0 Å². The Morgan fingerprint density at radius 3 is 2.19 bits per heavy atom. The largest absolute Gasteiger partial charge is 0.491 e. The van der Waals surface area contributed by atoms with E-state index < -0.39 is 56.7 Å². The summed E-state index contributed by atoms with van der Waals surface area (Å²) in [4.78, 5) is 79.5. The molecule has 0 saturated carbocycles. The van der Waals surface area contributed by atoms with Crippen molar-refractivity contribution in [3.8, 4) is 5.75 Å². The van der Waals surface area contributed by atoms with Crippen molar-refractivity contribution < 1.29 is 38.9 Å². The van der Waals surface area contributed by atoms with Crippen molar-refractivity contribution in [3.05, 3.63) is 96.6 Å². The van der Waals surface area contributed by atoms with E-state index in [0.29, 0.717) is 22.5 Å². The van der Waals surface area contributed by atoms with Crippen LogP contribution in [-0.2, 0) is 19.2 Å². The monoisotopic (exact) mass is 642 g/mol. The smallest absolute Gasteiger partial charge is 0.301 e. The maximum atomic E-state index is 14.2. The fourth-order valence-corrected chi connectivity index (χ4v) is 7.37. The number of anilines is 2. The summed E-state index contributed by atoms with van der Waals surface area (Å²) in [5, 5.41) is 33.1. The minimum absolute atomic E-state index is 0.0254. The zero-order valence-corrected chi connectivity index (χ0v) is 25.7. The first kappa shape index (κ1) is 31.5. The number of ether oxygens (including phenoxy) is 1. The van der Waals surface area contributed by atoms with Crippen molar-refractivity contribution in [3.63, 3.8) is 0 Å². The van der Waals surface area contributed by atoms with Crippen LogP contribution in [0.1, 0.15) is 31.2 Å². The average Bonchev–Trinajstić information content (AvgIpc) is 3.30. The van der Waals surface area contributed by atoms with Crippen LogP contribution in [0.4, 0.5) is 22.7 Å². The van der Waals surface area contributed by atoms with E-state index in [9.17, 15) is 39.4 Å². The Balaban J connectivity index is 1.45. The van der Waals surface area contributed by atoms with Gasteiger partial charge in [0.2, 0.25) is 11.8 Å². The third-order valence-electron chi connectivity index (χ3n) is 9.29. The van der Waals surface area contributed by atoms with E-state index >= 15 is 0 Å². The zero-order valence-electron chi connectivity index (χ0n) is 25.7. The molecule has 4 unspecified atom stereocenters. The minimum Gasteiger partial charge on any atom is -0.491 e. The van der Waals surface area contributed by atoms with Gasteiger partial charge in [0, 0.05) is 48.9 Å². The summed E-state index contributed by atoms with van der Waals surface area (Å²) in [6.07, 6.45) is 3.25. The number of ketones is 2. The van der Waals surface area contributed by atoms with Gasteiger partial charge in [-0.05, 0) is 49.5 Å². The molecule has 0 aromatic heterocycles. The van der Waals surface area contributed by atoms with Gasteiger partial charge in [-0.25, -0.2) is 4.90 Å². The normalized spacial score (nSPS) is 23.5. The van der Waals surface area contributed by atoms with Gasteiger partial charge >= 0.3 is 11.4 Å². The Morgan fingerprint density at radius 2 is 1.62 bits per heavy atom. The molecule has 1 heterocycles. The second-order valence-corrected chi connectivity index (χ2v) is 12.1. The molecule has 1 fully saturated rings. The molecule has 2 amide bonds. The molecule has 2 aromatic rings. The molecule has 0 spiro atoms. The number of fused-ring (bicyclic) bond motifs is 3. The van der Waals surface area contributed by atoms with Crippen molar-refractivity contribution in [1.29, 1.82) is 0 Å². The van der Waals surface area contributed by atoms with Gasteiger partial charge in [0.25, 0.3) is 0 Å². The molecule has 14 heteroatoms. The molecule has 2 aromatic carbocycles. The second kappa shape index (κ2) is 11.7. The quantitative estimate of drug-likeness (QED) is 0.146. The highest BCUT2D eigenvalue weighted by Crippen LogP contribution is 2.56. The summed E-state index contributed by atoms with van der Waals surface area (Å²) in [6, 6.07) is 8.85. The summed E-state index contributed by atoms with van der Waals surface area (Å²) >= 11 is 0. The number of hydrogen-bond donors (Lipinski definition) is 1. The van der Waals surface area contributed by atoms with Gasteiger partial charge < -0.3 is 14.7 Å². The Morgan fingerprint density at radius 1 is 0.979 bits per heavy atom. The molecule has 1 aliphatic heterocycles. The van der Waals surface area contributed by atoms with Crippen LogP contribution in [0.5, 0.6) is 5.75 Å². The van der Waals surface area contributed by atoms with Gasteiger partial charge in [-0.2, -0.15) is 0 Å². The summed E-state index contributed by atoms with van der Waals surface area (Å²) in [6.45, 7) is 1.48. The summed E-state index contributed by atoms with van der Waals surface area (Å²) in [7, 11) is 2.82. The number of nitro groups is 2. The number of amides is 2. The topological polar surface area (TPSA) is 190 Å². The highest BCUT2D eigenvalue weighted by Gasteiger charge is 2.57. The summed E-state index contributed by atoms with van der Waals surface area (Å²) in [5.74, 6) is -4.73. The lowest BCUT2D eigenvalue weighted by Gasteiger charge is -2.42. The first-order valence-corrected chi connectivity index (χ1v) is 14.9. The predicted molar refractivity (Wildman–Crippen MR) is 167 cm³/mol. The molecule has 6 rings (SSSR count). The number of allylic oxidation sites excluding steroid dienone is 6. The Kier molecular flexibility index (Phi) is 7.83. The number of Topliss-reactive ketones (excluding diaryl/α,β-unsaturated/α-hetero) is 1. The average molecular weight is 643 g/mol. The van der Waals surface area contributed by atoms with Gasteiger partial charge in [0.1, 0.15) is 12.4 Å². The number of carbonyl (C=O) groups is 4. The maximum absolute atomic E-state index is 14.2. The second-order valence-electron chi connectivity index (χ2n) is 12.1. The minimum atomic E-state index is -0.979. The van der Waals surface area contributed by atoms with E-state index in [1.165, 1.54) is 25.1 Å². The highest BCUT2D eigenvalue weighted by atomic mass is 16.6. The predicted octanol–water partition coefficient (Wildman–Crippen LogP) is 3.57. The van der Waals surface area contributed by atoms with E-state index in [-0.39, 0.29) is 60.1 Å². The molecule has 1 saturated heterocycles. The van der Waals surface area contributed by atoms with Gasteiger partial charge in [0.05, 0.1) is 34.0 Å². The van der Waals surface area contributed by atoms with Crippen molar-refractivity contribution >= 4 is 46.1 Å². The summed E-state index contributed by atoms with van der Waals surface area (Å²) < 4.78 is 5.49. The lowest BCUT2D eigenvalue weighted by Crippen LogP contribution is -2.39. The number of carbonyl (C=O) groups excluding carboxylic acids is 4. The number of nitro benzene ring substituents is 2. The van der Waals surface area contributed by atoms with Gasteiger partial charge in [-0.3, -0.25) is 39.4 Å². The van der Waals surface area contributed by atoms with Crippen LogP contribution in [0.15, 0.2) is 70.8 Å². The van der Waals surface area contributed by atoms with E-state index in [1.807, 2.05) is 6.08 Å². The lowest BCUT2D eigenvalue weighted by molar-refractivity contribution is -0.392. The summed E-state index contributed by atoms with van der Waals surface area (Å²) in [5.41, 5.74) is 0.391. The molecule has 3 aliphatic carbocycles. The fourth-order valence-electron chi connectivity index (χ4n) is 7.37. The molecule has 242 valence electrons. The van der Waals surface area contributed by atoms with Crippen molar-refractivity contribution in [2.45, 2.75) is 25.7 Å². The van der Waals surface area contributed by atoms with Crippen LogP contribution in [0.2, 0.25) is 0 Å². The standard InChI is InChI=1S/C33H30N4O10/c1-16-12-26(39)23-15-22-20(27(29(23)31(16)40)17-4-6-19(7-5-17)47-11-10-38)8-9-21-28(22)33(42)35(32(21)41)18-13-24(36(43)44)30(34(2)3)25(14-18)37(45)46/h4-8,12-14,21-22,27-28,38H,9-11,15H2,1-3H3. The zero-order chi connectivity index (χ0) is 33.9. The Hall–Kier alpha value is -5.50. The number of rotatable bonds is 8. The Bertz CT molecular complexity index is 1840. The van der Waals surface area contributed by atoms with Crippen LogP contribution in [0.25, 0.3) is 0 Å². The molecule has 0 radical (unpaired) electrons. The molecular weight excluding hydrogens is 612 g/mol. The number of hydrogen-bond acceptors (Lipinski definition) is 11. The van der Waals surface area contributed by atoms with E-state index in [0.717, 1.165) is 17.0 Å². The number of benzene rings is 2. The molecule has 47 heavy (non-hydrogen) atoms. The van der Waals surface area contributed by atoms with E-state index in [4.69, 9.17) is 9.84 Å². The van der Waals surface area contributed by atoms with Crippen LogP contribution in [-0.4, -0.2) is 65.6 Å². The fraction of sp³-hybridized carbons (Fsp3) is 0.333. The number of nitrogens with zero attached hydrogens (tertiary/aromatic N) is 4. The van der Waals surface area contributed by atoms with E-state index in [1.54, 1.807) is 31.2 Å². The third kappa shape index (κ3) is 5.01. The third-order valence-corrected chi connectivity index (χ3v) is 9.29. The van der Waals surface area contributed by atoms with Gasteiger partial charge in [-0.1, -0.05) is 23.8 Å². The van der Waals surface area contributed by atoms with Crippen LogP contribution < -0.4 is 14.5 Å². The van der Waals surface area contributed by atoms with Gasteiger partial charge in [0.15, 0.2) is 17.3 Å². The van der Waals surface area contributed by atoms with Crippen molar-refractivity contribution in [1.82, 2.24) is 0 Å². The van der Waals surface area contributed by atoms with Crippen LogP contribution in [0.3, 0.4) is 0 Å². The van der Waals surface area contributed by atoms with Crippen LogP contribution in [0, 0.1) is 38.0 Å². The Labute approximate surface area is 267 Å². The molecule has 4 atom stereocenters.